The molecule has 168 valence electrons. The van der Waals surface area contributed by atoms with Crippen molar-refractivity contribution in [2.24, 2.45) is 0 Å². The van der Waals surface area contributed by atoms with E-state index in [0.717, 1.165) is 17.0 Å². The molecular formula is C22H25N5O4S. The lowest BCUT2D eigenvalue weighted by Crippen LogP contribution is -2.40. The number of rotatable bonds is 5. The van der Waals surface area contributed by atoms with Crippen LogP contribution in [0, 0.1) is 20.8 Å². The molecule has 1 aromatic carbocycles. The van der Waals surface area contributed by atoms with Gasteiger partial charge < -0.3 is 10.1 Å². The molecule has 10 heteroatoms. The van der Waals surface area contributed by atoms with Gasteiger partial charge in [0.15, 0.2) is 5.82 Å². The number of ether oxygens (including phenoxy) is 1. The Kier molecular flexibility index (Phi) is 6.09. The number of morpholine rings is 1. The number of carbonyl (C=O) groups is 1. The van der Waals surface area contributed by atoms with Crippen molar-refractivity contribution in [1.29, 1.82) is 0 Å². The number of nitrogens with zero attached hydrogens (tertiary/aromatic N) is 4. The lowest BCUT2D eigenvalue weighted by Gasteiger charge is -2.26. The van der Waals surface area contributed by atoms with Gasteiger partial charge in [-0.25, -0.2) is 18.1 Å². The van der Waals surface area contributed by atoms with Crippen molar-refractivity contribution in [3.05, 3.63) is 65.1 Å². The molecule has 0 atom stereocenters. The number of benzene rings is 1. The maximum absolute atomic E-state index is 12.9. The van der Waals surface area contributed by atoms with Crippen molar-refractivity contribution in [3.8, 4) is 5.82 Å². The highest BCUT2D eigenvalue weighted by Gasteiger charge is 2.27. The summed E-state index contributed by atoms with van der Waals surface area (Å²) in [7, 11) is -3.66. The SMILES string of the molecule is Cc1cc(C)n(-c2ccc(C(=O)Nc3cc(S(=O)(=O)N4CCOCC4)ccc3C)cn2)n1. The maximum atomic E-state index is 12.9. The van der Waals surface area contributed by atoms with Gasteiger partial charge in [0.05, 0.1) is 29.4 Å². The Morgan fingerprint density at radius 1 is 1.06 bits per heavy atom. The summed E-state index contributed by atoms with van der Waals surface area (Å²) in [6.45, 7) is 7.01. The normalized spacial score (nSPS) is 15.0. The number of aromatic nitrogens is 3. The van der Waals surface area contributed by atoms with E-state index < -0.39 is 10.0 Å². The van der Waals surface area contributed by atoms with Crippen molar-refractivity contribution < 1.29 is 17.9 Å². The topological polar surface area (TPSA) is 106 Å². The summed E-state index contributed by atoms with van der Waals surface area (Å²) in [6, 6.07) is 10.1. The number of carbonyl (C=O) groups excluding carboxylic acids is 1. The Morgan fingerprint density at radius 2 is 1.81 bits per heavy atom. The van der Waals surface area contributed by atoms with Crippen molar-refractivity contribution in [2.75, 3.05) is 31.6 Å². The minimum Gasteiger partial charge on any atom is -0.379 e. The molecule has 32 heavy (non-hydrogen) atoms. The van der Waals surface area contributed by atoms with Gasteiger partial charge >= 0.3 is 0 Å². The number of anilines is 1. The summed E-state index contributed by atoms with van der Waals surface area (Å²) in [6.07, 6.45) is 1.48. The lowest BCUT2D eigenvalue weighted by molar-refractivity contribution is 0.0730. The average molecular weight is 456 g/mol. The second kappa shape index (κ2) is 8.81. The van der Waals surface area contributed by atoms with Crippen molar-refractivity contribution in [2.45, 2.75) is 25.7 Å². The first-order chi connectivity index (χ1) is 15.3. The molecule has 1 aliphatic rings. The minimum atomic E-state index is -3.66. The number of pyridine rings is 1. The average Bonchev–Trinajstić information content (AvgIpc) is 3.13. The number of aryl methyl sites for hydroxylation is 3. The highest BCUT2D eigenvalue weighted by Crippen LogP contribution is 2.24. The molecule has 1 saturated heterocycles. The van der Waals surface area contributed by atoms with Crippen LogP contribution >= 0.6 is 0 Å². The van der Waals surface area contributed by atoms with E-state index in [1.165, 1.54) is 16.6 Å². The van der Waals surface area contributed by atoms with Gasteiger partial charge in [-0.1, -0.05) is 6.07 Å². The summed E-state index contributed by atoms with van der Waals surface area (Å²) < 4.78 is 34.2. The van der Waals surface area contributed by atoms with Crippen LogP contribution < -0.4 is 5.32 Å². The third-order valence-corrected chi connectivity index (χ3v) is 7.20. The van der Waals surface area contributed by atoms with Crippen LogP contribution in [0.2, 0.25) is 0 Å². The molecule has 0 spiro atoms. The fraction of sp³-hybridized carbons (Fsp3) is 0.318. The molecule has 3 aromatic rings. The Labute approximate surface area is 187 Å². The lowest BCUT2D eigenvalue weighted by atomic mass is 10.2. The van der Waals surface area contributed by atoms with E-state index in [1.54, 1.807) is 28.9 Å². The second-order valence-electron chi connectivity index (χ2n) is 7.69. The molecule has 0 bridgehead atoms. The van der Waals surface area contributed by atoms with Gasteiger partial charge in [0.1, 0.15) is 0 Å². The third-order valence-electron chi connectivity index (χ3n) is 5.30. The molecule has 1 amide bonds. The fourth-order valence-electron chi connectivity index (χ4n) is 3.53. The zero-order valence-electron chi connectivity index (χ0n) is 18.2. The van der Waals surface area contributed by atoms with Crippen LogP contribution in [0.25, 0.3) is 5.82 Å². The molecule has 9 nitrogen and oxygen atoms in total. The minimum absolute atomic E-state index is 0.137. The zero-order valence-corrected chi connectivity index (χ0v) is 19.0. The fourth-order valence-corrected chi connectivity index (χ4v) is 4.97. The third kappa shape index (κ3) is 4.43. The van der Waals surface area contributed by atoms with Crippen LogP contribution in [-0.4, -0.2) is 59.7 Å². The largest absolute Gasteiger partial charge is 0.379 e. The van der Waals surface area contributed by atoms with Gasteiger partial charge in [-0.05, 0) is 56.7 Å². The molecule has 1 N–H and O–H groups in total. The van der Waals surface area contributed by atoms with Gasteiger partial charge in [-0.3, -0.25) is 4.79 Å². The molecule has 0 aliphatic carbocycles. The molecule has 4 rings (SSSR count). The number of hydrogen-bond donors (Lipinski definition) is 1. The first-order valence-electron chi connectivity index (χ1n) is 10.3. The van der Waals surface area contributed by atoms with E-state index >= 15 is 0 Å². The Morgan fingerprint density at radius 3 is 2.44 bits per heavy atom. The molecule has 0 saturated carbocycles. The molecular weight excluding hydrogens is 430 g/mol. The summed E-state index contributed by atoms with van der Waals surface area (Å²) >= 11 is 0. The van der Waals surface area contributed by atoms with E-state index in [4.69, 9.17) is 4.74 Å². The number of nitrogens with one attached hydrogen (secondary N) is 1. The van der Waals surface area contributed by atoms with Gasteiger partial charge in [0.2, 0.25) is 10.0 Å². The smallest absolute Gasteiger partial charge is 0.257 e. The Hall–Kier alpha value is -3.08. The molecule has 1 aliphatic heterocycles. The number of hydrogen-bond acceptors (Lipinski definition) is 6. The van der Waals surface area contributed by atoms with Crippen molar-refractivity contribution in [3.63, 3.8) is 0 Å². The van der Waals surface area contributed by atoms with Crippen molar-refractivity contribution >= 4 is 21.6 Å². The quantitative estimate of drug-likeness (QED) is 0.633. The number of amides is 1. The monoisotopic (exact) mass is 455 g/mol. The molecule has 0 radical (unpaired) electrons. The Bertz CT molecular complexity index is 1250. The van der Waals surface area contributed by atoms with E-state index in [0.29, 0.717) is 43.4 Å². The van der Waals surface area contributed by atoms with Crippen LogP contribution in [-0.2, 0) is 14.8 Å². The summed E-state index contributed by atoms with van der Waals surface area (Å²) in [4.78, 5) is 17.3. The first-order valence-corrected chi connectivity index (χ1v) is 11.7. The first kappa shape index (κ1) is 22.1. The van der Waals surface area contributed by atoms with E-state index in [2.05, 4.69) is 15.4 Å². The second-order valence-corrected chi connectivity index (χ2v) is 9.63. The summed E-state index contributed by atoms with van der Waals surface area (Å²) in [5.41, 5.74) is 3.38. The van der Waals surface area contributed by atoms with Gasteiger partial charge in [0, 0.05) is 30.7 Å². The van der Waals surface area contributed by atoms with E-state index in [1.807, 2.05) is 26.8 Å². The Balaban J connectivity index is 1.54. The highest BCUT2D eigenvalue weighted by atomic mass is 32.2. The van der Waals surface area contributed by atoms with E-state index in [-0.39, 0.29) is 10.8 Å². The number of sulfonamides is 1. The summed E-state index contributed by atoms with van der Waals surface area (Å²) in [5, 5.41) is 7.20. The van der Waals surface area contributed by atoms with E-state index in [9.17, 15) is 13.2 Å². The molecule has 2 aromatic heterocycles. The predicted octanol–water partition coefficient (Wildman–Crippen LogP) is 2.47. The van der Waals surface area contributed by atoms with Gasteiger partial charge in [0.25, 0.3) is 5.91 Å². The van der Waals surface area contributed by atoms with Crippen LogP contribution in [0.3, 0.4) is 0 Å². The van der Waals surface area contributed by atoms with Crippen molar-refractivity contribution in [1.82, 2.24) is 19.1 Å². The van der Waals surface area contributed by atoms with Crippen LogP contribution in [0.5, 0.6) is 0 Å². The maximum Gasteiger partial charge on any atom is 0.257 e. The van der Waals surface area contributed by atoms with Crippen LogP contribution in [0.4, 0.5) is 5.69 Å². The predicted molar refractivity (Wildman–Crippen MR) is 120 cm³/mol. The standard InChI is InChI=1S/C22H25N5O4S/c1-15-4-6-19(32(29,30)26-8-10-31-11-9-26)13-20(15)24-22(28)18-5-7-21(23-14-18)27-17(3)12-16(2)25-27/h4-7,12-14H,8-11H2,1-3H3,(H,24,28). The molecule has 1 fully saturated rings. The highest BCUT2D eigenvalue weighted by molar-refractivity contribution is 7.89. The van der Waals surface area contributed by atoms with Crippen LogP contribution in [0.1, 0.15) is 27.3 Å². The molecule has 0 unspecified atom stereocenters. The summed E-state index contributed by atoms with van der Waals surface area (Å²) in [5.74, 6) is 0.239. The van der Waals surface area contributed by atoms with Crippen LogP contribution in [0.15, 0.2) is 47.5 Å². The van der Waals surface area contributed by atoms with Gasteiger partial charge in [-0.2, -0.15) is 9.40 Å². The zero-order chi connectivity index (χ0) is 22.9. The molecule has 3 heterocycles. The van der Waals surface area contributed by atoms with Gasteiger partial charge in [-0.15, -0.1) is 0 Å².